The van der Waals surface area contributed by atoms with Gasteiger partial charge in [-0.1, -0.05) is 107 Å². The van der Waals surface area contributed by atoms with Crippen molar-refractivity contribution in [1.82, 2.24) is 0 Å². The highest BCUT2D eigenvalue weighted by atomic mass is 16.4. The molecule has 0 aromatic heterocycles. The summed E-state index contributed by atoms with van der Waals surface area (Å²) in [6.45, 7) is 0.467. The molecule has 0 saturated heterocycles. The minimum atomic E-state index is -1.44. The van der Waals surface area contributed by atoms with Crippen LogP contribution in [0.4, 0.5) is 0 Å². The van der Waals surface area contributed by atoms with Crippen molar-refractivity contribution in [1.29, 1.82) is 0 Å². The van der Waals surface area contributed by atoms with Gasteiger partial charge in [-0.25, -0.2) is 0 Å². The van der Waals surface area contributed by atoms with E-state index in [0.29, 0.717) is 5.46 Å². The molecule has 0 amide bonds. The van der Waals surface area contributed by atoms with E-state index in [1.165, 1.54) is 16.4 Å². The molecule has 0 bridgehead atoms. The van der Waals surface area contributed by atoms with Crippen molar-refractivity contribution in [3.63, 3.8) is 0 Å². The zero-order valence-corrected chi connectivity index (χ0v) is 13.3. The summed E-state index contributed by atoms with van der Waals surface area (Å²) in [5.74, 6) is 0. The van der Waals surface area contributed by atoms with Crippen LogP contribution in [0.15, 0.2) is 78.9 Å². The number of fused-ring (bicyclic) bond motifs is 1. The van der Waals surface area contributed by atoms with Crippen LogP contribution < -0.4 is 27.3 Å². The molecule has 2 N–H and O–H groups in total. The van der Waals surface area contributed by atoms with Gasteiger partial charge in [-0.15, -0.1) is 0 Å². The van der Waals surface area contributed by atoms with Gasteiger partial charge in [0.1, 0.15) is 0 Å². The van der Waals surface area contributed by atoms with E-state index >= 15 is 0 Å². The van der Waals surface area contributed by atoms with Crippen molar-refractivity contribution in [2.24, 2.45) is 0 Å². The summed E-state index contributed by atoms with van der Waals surface area (Å²) in [6.07, 6.45) is 0.951. The quantitative estimate of drug-likeness (QED) is 0.618. The summed E-state index contributed by atoms with van der Waals surface area (Å²) in [7, 11) is -1.44. The van der Waals surface area contributed by atoms with Crippen LogP contribution in [0.2, 0.25) is 6.22 Å². The Morgan fingerprint density at radius 1 is 0.667 bits per heavy atom. The number of benzene rings is 3. The van der Waals surface area contributed by atoms with Gasteiger partial charge in [-0.05, 0) is 5.46 Å². The zero-order chi connectivity index (χ0) is 16.5. The maximum absolute atomic E-state index is 9.86. The summed E-state index contributed by atoms with van der Waals surface area (Å²) in [4.78, 5) is 0. The number of hydrogen-bond acceptors (Lipinski definition) is 2. The Balaban J connectivity index is 1.89. The van der Waals surface area contributed by atoms with E-state index in [1.807, 2.05) is 36.4 Å². The van der Waals surface area contributed by atoms with Gasteiger partial charge >= 0.3 is 7.12 Å². The van der Waals surface area contributed by atoms with Gasteiger partial charge in [0.15, 0.2) is 0 Å². The van der Waals surface area contributed by atoms with Crippen molar-refractivity contribution in [3.8, 4) is 0 Å². The van der Waals surface area contributed by atoms with Crippen LogP contribution >= 0.6 is 0 Å². The monoisotopic (exact) mass is 310 g/mol. The molecule has 0 saturated carbocycles. The van der Waals surface area contributed by atoms with Crippen molar-refractivity contribution < 1.29 is 10.0 Å². The fourth-order valence-corrected chi connectivity index (χ4v) is 4.00. The fourth-order valence-electron chi connectivity index (χ4n) is 4.00. The van der Waals surface area contributed by atoms with Crippen LogP contribution in [-0.2, 0) is 0 Å². The third-order valence-electron chi connectivity index (χ3n) is 5.05. The van der Waals surface area contributed by atoms with Gasteiger partial charge in [-0.2, -0.15) is 0 Å². The fraction of sp³-hybridized carbons (Fsp3) is 0.0526. The molecule has 0 spiro atoms. The second kappa shape index (κ2) is 6.35. The lowest BCUT2D eigenvalue weighted by Crippen LogP contribution is -2.56. The molecule has 5 heteroatoms. The van der Waals surface area contributed by atoms with E-state index in [9.17, 15) is 10.0 Å². The minimum Gasteiger partial charge on any atom is -0.423 e. The summed E-state index contributed by atoms with van der Waals surface area (Å²) in [6, 6.07) is 26.7. The highest BCUT2D eigenvalue weighted by molar-refractivity contribution is 7.10. The second-order valence-electron chi connectivity index (χ2n) is 6.39. The molecule has 0 aliphatic carbocycles. The smallest absolute Gasteiger partial charge is 0.423 e. The van der Waals surface area contributed by atoms with Crippen LogP contribution in [0.3, 0.4) is 0 Å². The van der Waals surface area contributed by atoms with Gasteiger partial charge in [0.2, 0.25) is 13.4 Å². The first-order valence-electron chi connectivity index (χ1n) is 8.34. The Hall–Kier alpha value is -2.23. The molecule has 3 aromatic rings. The maximum atomic E-state index is 9.86. The van der Waals surface area contributed by atoms with Crippen LogP contribution in [0.1, 0.15) is 0 Å². The molecule has 114 valence electrons. The lowest BCUT2D eigenvalue weighted by atomic mass is 9.30. The van der Waals surface area contributed by atoms with Crippen LogP contribution in [-0.4, -0.2) is 30.6 Å². The summed E-state index contributed by atoms with van der Waals surface area (Å²) in [5, 5.41) is 19.7. The van der Waals surface area contributed by atoms with Crippen molar-refractivity contribution >= 4 is 47.9 Å². The third-order valence-corrected chi connectivity index (χ3v) is 5.05. The molecule has 1 heterocycles. The van der Waals surface area contributed by atoms with Crippen LogP contribution in [0.25, 0.3) is 0 Å². The molecular formula is C19H17B3O2. The first-order valence-corrected chi connectivity index (χ1v) is 8.34. The minimum absolute atomic E-state index is 0.185. The van der Waals surface area contributed by atoms with E-state index in [1.54, 1.807) is 0 Å². The summed E-state index contributed by atoms with van der Waals surface area (Å²) < 4.78 is 0. The average molecular weight is 310 g/mol. The normalized spacial score (nSPS) is 13.1. The first kappa shape index (κ1) is 15.3. The molecule has 1 aliphatic heterocycles. The molecule has 24 heavy (non-hydrogen) atoms. The van der Waals surface area contributed by atoms with Crippen LogP contribution in [0.5, 0.6) is 0 Å². The second-order valence-corrected chi connectivity index (χ2v) is 6.39. The molecule has 3 aromatic carbocycles. The number of hydrogen-bond donors (Lipinski definition) is 2. The van der Waals surface area contributed by atoms with E-state index in [0.717, 1.165) is 11.7 Å². The number of rotatable bonds is 3. The standard InChI is InChI=1S/C19H17B3O2/c23-22(24)18-13-7-12-17-19(18)21(16-10-5-2-6-11-16)14-20(17)15-8-3-1-4-9-15/h1-13,23-24H,14H2. The van der Waals surface area contributed by atoms with E-state index in [4.69, 9.17) is 0 Å². The molecule has 1 aliphatic rings. The van der Waals surface area contributed by atoms with Gasteiger partial charge < -0.3 is 10.0 Å². The van der Waals surface area contributed by atoms with E-state index < -0.39 is 7.12 Å². The van der Waals surface area contributed by atoms with Crippen LogP contribution in [0, 0.1) is 0 Å². The Bertz CT molecular complexity index is 838. The van der Waals surface area contributed by atoms with Gasteiger partial charge in [-0.3, -0.25) is 0 Å². The highest BCUT2D eigenvalue weighted by Gasteiger charge is 2.40. The molecule has 0 fully saturated rings. The Morgan fingerprint density at radius 3 is 1.83 bits per heavy atom. The topological polar surface area (TPSA) is 40.5 Å². The predicted molar refractivity (Wildman–Crippen MR) is 104 cm³/mol. The predicted octanol–water partition coefficient (Wildman–Crippen LogP) is -0.863. The van der Waals surface area contributed by atoms with E-state index in [2.05, 4.69) is 42.5 Å². The Labute approximate surface area is 143 Å². The van der Waals surface area contributed by atoms with Crippen molar-refractivity contribution in [2.75, 3.05) is 0 Å². The SMILES string of the molecule is OB(O)c1cccc2c1B(c1ccccc1)CB2c1ccccc1. The third kappa shape index (κ3) is 2.60. The lowest BCUT2D eigenvalue weighted by Gasteiger charge is -2.14. The van der Waals surface area contributed by atoms with Crippen molar-refractivity contribution in [2.45, 2.75) is 6.22 Å². The highest BCUT2D eigenvalue weighted by Crippen LogP contribution is 2.09. The molecule has 0 atom stereocenters. The molecule has 0 unspecified atom stereocenters. The first-order chi connectivity index (χ1) is 11.8. The molecule has 0 radical (unpaired) electrons. The lowest BCUT2D eigenvalue weighted by molar-refractivity contribution is 0.426. The maximum Gasteiger partial charge on any atom is 0.487 e. The van der Waals surface area contributed by atoms with Crippen molar-refractivity contribution in [3.05, 3.63) is 78.9 Å². The largest absolute Gasteiger partial charge is 0.487 e. The molecular weight excluding hydrogens is 293 g/mol. The average Bonchev–Trinajstić information content (AvgIpc) is 3.03. The van der Waals surface area contributed by atoms with E-state index in [-0.39, 0.29) is 13.4 Å². The van der Waals surface area contributed by atoms with Gasteiger partial charge in [0, 0.05) is 0 Å². The Morgan fingerprint density at radius 2 is 1.25 bits per heavy atom. The summed E-state index contributed by atoms with van der Waals surface area (Å²) >= 11 is 0. The van der Waals surface area contributed by atoms with Gasteiger partial charge in [0.05, 0.1) is 0 Å². The Kier molecular flexibility index (Phi) is 4.05. The molecule has 4 rings (SSSR count). The molecule has 2 nitrogen and oxygen atoms in total. The summed E-state index contributed by atoms with van der Waals surface area (Å²) in [5.41, 5.74) is 5.42. The van der Waals surface area contributed by atoms with Gasteiger partial charge in [0.25, 0.3) is 0 Å². The zero-order valence-electron chi connectivity index (χ0n) is 13.3.